The molecule has 1 saturated heterocycles. The zero-order valence-electron chi connectivity index (χ0n) is 22.2. The fourth-order valence-corrected chi connectivity index (χ4v) is 9.28. The van der Waals surface area contributed by atoms with E-state index in [1.165, 1.54) is 21.2 Å². The second kappa shape index (κ2) is 11.2. The molecule has 7 rings (SSSR count). The molecule has 11 heteroatoms. The van der Waals surface area contributed by atoms with Gasteiger partial charge in [-0.05, 0) is 53.4 Å². The summed E-state index contributed by atoms with van der Waals surface area (Å²) in [5.41, 5.74) is 1.97. The van der Waals surface area contributed by atoms with Crippen molar-refractivity contribution in [3.05, 3.63) is 120 Å². The topological polar surface area (TPSA) is 88.5 Å². The molecular weight excluding hydrogens is 714 g/mol. The van der Waals surface area contributed by atoms with E-state index in [1.807, 2.05) is 66.7 Å². The number of nitrogens with one attached hydrogen (secondary N) is 1. The minimum absolute atomic E-state index is 0.220. The van der Waals surface area contributed by atoms with E-state index in [0.717, 1.165) is 36.6 Å². The van der Waals surface area contributed by atoms with Crippen LogP contribution < -0.4 is 15.1 Å². The first-order valence-corrected chi connectivity index (χ1v) is 16.6. The molecule has 2 aliphatic heterocycles. The SMILES string of the molecule is O=C(Cn1c2c(sc1=O)[C@@H](c1cccc(Br)c1)[C@@H]1C(=O)N(c3ccc(Br)cc3)C(=O)[C@@H]1S2)Nc1cccc2ccccc12. The molecule has 4 aromatic carbocycles. The molecule has 0 spiro atoms. The van der Waals surface area contributed by atoms with E-state index < -0.39 is 17.1 Å². The summed E-state index contributed by atoms with van der Waals surface area (Å²) in [6, 6.07) is 28.1. The van der Waals surface area contributed by atoms with Gasteiger partial charge in [0.25, 0.3) is 0 Å². The fourth-order valence-electron chi connectivity index (χ4n) is 5.83. The number of imide groups is 1. The maximum absolute atomic E-state index is 14.0. The number of fused-ring (bicyclic) bond motifs is 3. The van der Waals surface area contributed by atoms with Gasteiger partial charge in [0, 0.05) is 30.8 Å². The van der Waals surface area contributed by atoms with Crippen LogP contribution in [0.5, 0.6) is 0 Å². The number of hydrogen-bond donors (Lipinski definition) is 1. The zero-order valence-corrected chi connectivity index (χ0v) is 27.0. The number of aromatic nitrogens is 1. The third-order valence-electron chi connectivity index (χ3n) is 7.71. The van der Waals surface area contributed by atoms with Gasteiger partial charge in [-0.2, -0.15) is 0 Å². The molecule has 1 fully saturated rings. The number of carbonyl (C=O) groups is 3. The molecule has 0 unspecified atom stereocenters. The number of amides is 3. The van der Waals surface area contributed by atoms with Crippen molar-refractivity contribution in [3.63, 3.8) is 0 Å². The largest absolute Gasteiger partial charge is 0.324 e. The van der Waals surface area contributed by atoms with E-state index in [-0.39, 0.29) is 29.1 Å². The van der Waals surface area contributed by atoms with Crippen molar-refractivity contribution in [2.75, 3.05) is 10.2 Å². The predicted molar refractivity (Wildman–Crippen MR) is 177 cm³/mol. The number of halogens is 2. The van der Waals surface area contributed by atoms with Crippen molar-refractivity contribution in [3.8, 4) is 0 Å². The maximum Gasteiger partial charge on any atom is 0.308 e. The van der Waals surface area contributed by atoms with Crippen LogP contribution in [-0.4, -0.2) is 27.5 Å². The minimum atomic E-state index is -0.756. The predicted octanol–water partition coefficient (Wildman–Crippen LogP) is 7.02. The Kier molecular flexibility index (Phi) is 7.37. The Hall–Kier alpha value is -3.51. The molecule has 3 amide bonds. The van der Waals surface area contributed by atoms with Crippen molar-refractivity contribution in [2.24, 2.45) is 5.92 Å². The number of rotatable bonds is 5. The summed E-state index contributed by atoms with van der Waals surface area (Å²) >= 11 is 9.18. The van der Waals surface area contributed by atoms with E-state index in [1.54, 1.807) is 24.3 Å². The minimum Gasteiger partial charge on any atom is -0.324 e. The van der Waals surface area contributed by atoms with E-state index in [4.69, 9.17) is 0 Å². The van der Waals surface area contributed by atoms with Crippen LogP contribution in [0.25, 0.3) is 10.8 Å². The number of benzene rings is 4. The first kappa shape index (κ1) is 28.3. The number of nitrogens with zero attached hydrogens (tertiary/aromatic N) is 2. The normalized spacial score (nSPS) is 19.4. The first-order valence-electron chi connectivity index (χ1n) is 13.4. The summed E-state index contributed by atoms with van der Waals surface area (Å²) in [5.74, 6) is -2.24. The van der Waals surface area contributed by atoms with E-state index in [9.17, 15) is 19.2 Å². The van der Waals surface area contributed by atoms with Gasteiger partial charge < -0.3 is 5.32 Å². The molecule has 0 bridgehead atoms. The monoisotopic (exact) mass is 733 g/mol. The van der Waals surface area contributed by atoms with Gasteiger partial charge in [0.05, 0.1) is 16.6 Å². The standard InChI is InChI=1S/C32H21Br2N3O4S2/c33-19-11-13-21(14-12-19)37-29(39)26-25(18-7-3-8-20(34)15-18)28-31(42-27(26)30(37)40)36(32(41)43-28)16-24(38)35-23-10-4-6-17-5-1-2-9-22(17)23/h1-15,25-27H,16H2,(H,35,38)/t25-,26-,27+/m0/s1. The van der Waals surface area contributed by atoms with Crippen LogP contribution in [0.2, 0.25) is 0 Å². The van der Waals surface area contributed by atoms with Crippen LogP contribution in [0, 0.1) is 5.92 Å². The van der Waals surface area contributed by atoms with Gasteiger partial charge in [-0.25, -0.2) is 4.90 Å². The van der Waals surface area contributed by atoms with Gasteiger partial charge in [-0.1, -0.05) is 103 Å². The summed E-state index contributed by atoms with van der Waals surface area (Å²) in [6.07, 6.45) is 0. The average Bonchev–Trinajstić information content (AvgIpc) is 3.44. The van der Waals surface area contributed by atoms with Crippen molar-refractivity contribution < 1.29 is 14.4 Å². The molecular formula is C32H21Br2N3O4S2. The Labute approximate surface area is 271 Å². The smallest absolute Gasteiger partial charge is 0.308 e. The molecule has 0 radical (unpaired) electrons. The lowest BCUT2D eigenvalue weighted by atomic mass is 9.83. The van der Waals surface area contributed by atoms with Gasteiger partial charge in [0.15, 0.2) is 0 Å². The highest BCUT2D eigenvalue weighted by Crippen LogP contribution is 2.54. The molecule has 7 nitrogen and oxygen atoms in total. The Bertz CT molecular complexity index is 2000. The number of carbonyl (C=O) groups excluding carboxylic acids is 3. The number of thiazole rings is 1. The van der Waals surface area contributed by atoms with Crippen LogP contribution in [0.4, 0.5) is 11.4 Å². The highest BCUT2D eigenvalue weighted by atomic mass is 79.9. The number of hydrogen-bond acceptors (Lipinski definition) is 6. The Morgan fingerprint density at radius 1 is 0.837 bits per heavy atom. The highest BCUT2D eigenvalue weighted by molar-refractivity contribution is 9.10. The van der Waals surface area contributed by atoms with Crippen LogP contribution in [0.3, 0.4) is 0 Å². The summed E-state index contributed by atoms with van der Waals surface area (Å²) in [6.45, 7) is -0.220. The fraction of sp³-hybridized carbons (Fsp3) is 0.125. The Morgan fingerprint density at radius 2 is 1.58 bits per heavy atom. The van der Waals surface area contributed by atoms with Crippen molar-refractivity contribution in [1.82, 2.24) is 4.57 Å². The molecule has 1 aromatic heterocycles. The van der Waals surface area contributed by atoms with Gasteiger partial charge in [-0.15, -0.1) is 0 Å². The summed E-state index contributed by atoms with van der Waals surface area (Å²) < 4.78 is 3.10. The quantitative estimate of drug-likeness (QED) is 0.196. The Balaban J connectivity index is 1.28. The molecule has 214 valence electrons. The van der Waals surface area contributed by atoms with Crippen LogP contribution >= 0.6 is 55.0 Å². The molecule has 2 aliphatic rings. The second-order valence-corrected chi connectivity index (χ2v) is 14.2. The molecule has 3 heterocycles. The lowest BCUT2D eigenvalue weighted by molar-refractivity contribution is -0.122. The Morgan fingerprint density at radius 3 is 2.37 bits per heavy atom. The molecule has 1 N–H and O–H groups in total. The lowest BCUT2D eigenvalue weighted by Gasteiger charge is -2.30. The highest BCUT2D eigenvalue weighted by Gasteiger charge is 2.56. The van der Waals surface area contributed by atoms with Crippen molar-refractivity contribution in [1.29, 1.82) is 0 Å². The molecule has 0 saturated carbocycles. The number of anilines is 2. The van der Waals surface area contributed by atoms with Gasteiger partial charge >= 0.3 is 4.87 Å². The first-order chi connectivity index (χ1) is 20.8. The van der Waals surface area contributed by atoms with Crippen molar-refractivity contribution in [2.45, 2.75) is 22.7 Å². The summed E-state index contributed by atoms with van der Waals surface area (Å²) in [5, 5.41) is 4.64. The van der Waals surface area contributed by atoms with Crippen LogP contribution in [0.15, 0.2) is 110 Å². The zero-order chi connectivity index (χ0) is 29.8. The molecule has 0 aliphatic carbocycles. The van der Waals surface area contributed by atoms with E-state index in [2.05, 4.69) is 37.2 Å². The van der Waals surface area contributed by atoms with Crippen LogP contribution in [0.1, 0.15) is 16.4 Å². The molecule has 43 heavy (non-hydrogen) atoms. The van der Waals surface area contributed by atoms with Gasteiger partial charge in [0.1, 0.15) is 11.8 Å². The average molecular weight is 735 g/mol. The third-order valence-corrected chi connectivity index (χ3v) is 11.3. The maximum atomic E-state index is 14.0. The van der Waals surface area contributed by atoms with Gasteiger partial charge in [0.2, 0.25) is 17.7 Å². The summed E-state index contributed by atoms with van der Waals surface area (Å²) in [7, 11) is 0. The summed E-state index contributed by atoms with van der Waals surface area (Å²) in [4.78, 5) is 56.3. The second-order valence-electron chi connectivity index (χ2n) is 10.3. The van der Waals surface area contributed by atoms with Crippen molar-refractivity contribution >= 4 is 94.8 Å². The number of thioether (sulfide) groups is 1. The van der Waals surface area contributed by atoms with E-state index >= 15 is 0 Å². The lowest BCUT2D eigenvalue weighted by Crippen LogP contribution is -2.33. The molecule has 3 atom stereocenters. The van der Waals surface area contributed by atoms with E-state index in [0.29, 0.717) is 21.3 Å². The molecule has 5 aromatic rings. The third kappa shape index (κ3) is 4.98. The van der Waals surface area contributed by atoms with Crippen LogP contribution in [-0.2, 0) is 20.9 Å². The van der Waals surface area contributed by atoms with Gasteiger partial charge in [-0.3, -0.25) is 23.7 Å².